The molecule has 1 fully saturated rings. The van der Waals surface area contributed by atoms with Gasteiger partial charge in [-0.15, -0.1) is 0 Å². The van der Waals surface area contributed by atoms with Crippen LogP contribution >= 0.6 is 0 Å². The Morgan fingerprint density at radius 3 is 3.00 bits per heavy atom. The Morgan fingerprint density at radius 2 is 2.24 bits per heavy atom. The Kier molecular flexibility index (Phi) is 3.96. The van der Waals surface area contributed by atoms with E-state index in [0.717, 1.165) is 5.56 Å². The minimum Gasteiger partial charge on any atom is -0.366 e. The summed E-state index contributed by atoms with van der Waals surface area (Å²) in [5.41, 5.74) is 1.66. The lowest BCUT2D eigenvalue weighted by molar-refractivity contribution is -0.140. The fraction of sp³-hybridized carbons (Fsp3) is 0.412. The van der Waals surface area contributed by atoms with Gasteiger partial charge < -0.3 is 14.5 Å². The summed E-state index contributed by atoms with van der Waals surface area (Å²) in [6.45, 7) is 3.71. The second-order valence-electron chi connectivity index (χ2n) is 6.30. The lowest BCUT2D eigenvalue weighted by atomic mass is 10.1. The number of amides is 2. The Labute approximate surface area is 144 Å². The zero-order valence-corrected chi connectivity index (χ0v) is 13.9. The normalized spacial score (nSPS) is 20.0. The number of aromatic amines is 1. The first-order valence-electron chi connectivity index (χ1n) is 8.27. The molecule has 0 saturated carbocycles. The summed E-state index contributed by atoms with van der Waals surface area (Å²) in [5.74, 6) is 1.10. The minimum absolute atomic E-state index is 0.0766. The highest BCUT2D eigenvalue weighted by Gasteiger charge is 2.32. The molecule has 8 heteroatoms. The first-order chi connectivity index (χ1) is 12.1. The van der Waals surface area contributed by atoms with Gasteiger partial charge in [0.1, 0.15) is 18.5 Å². The number of H-pyrrole nitrogens is 1. The Balaban J connectivity index is 1.41. The number of rotatable bonds is 3. The van der Waals surface area contributed by atoms with Crippen molar-refractivity contribution in [1.29, 1.82) is 0 Å². The molecule has 8 nitrogen and oxygen atoms in total. The van der Waals surface area contributed by atoms with E-state index in [0.29, 0.717) is 43.5 Å². The van der Waals surface area contributed by atoms with E-state index in [2.05, 4.69) is 15.2 Å². The molecular weight excluding hydrogens is 322 g/mol. The monoisotopic (exact) mass is 341 g/mol. The van der Waals surface area contributed by atoms with E-state index in [1.54, 1.807) is 15.9 Å². The third-order valence-electron chi connectivity index (χ3n) is 4.54. The van der Waals surface area contributed by atoms with Crippen LogP contribution in [0.15, 0.2) is 24.3 Å². The number of carbonyl (C=O) groups excluding carboxylic acids is 2. The zero-order valence-electron chi connectivity index (χ0n) is 13.9. The smallest absolute Gasteiger partial charge is 0.254 e. The average molecular weight is 341 g/mol. The fourth-order valence-electron chi connectivity index (χ4n) is 3.24. The van der Waals surface area contributed by atoms with Crippen molar-refractivity contribution in [1.82, 2.24) is 25.0 Å². The summed E-state index contributed by atoms with van der Waals surface area (Å²) < 4.78 is 5.68. The third kappa shape index (κ3) is 3.00. The highest BCUT2D eigenvalue weighted by Crippen LogP contribution is 2.23. The van der Waals surface area contributed by atoms with Crippen molar-refractivity contribution in [2.45, 2.75) is 19.6 Å². The van der Waals surface area contributed by atoms with Gasteiger partial charge in [0, 0.05) is 18.7 Å². The van der Waals surface area contributed by atoms with Crippen LogP contribution in [0, 0.1) is 6.92 Å². The topological polar surface area (TPSA) is 91.4 Å². The van der Waals surface area contributed by atoms with Gasteiger partial charge in [-0.25, -0.2) is 4.98 Å². The van der Waals surface area contributed by atoms with Crippen LogP contribution in [-0.4, -0.2) is 63.0 Å². The largest absolute Gasteiger partial charge is 0.366 e. The summed E-state index contributed by atoms with van der Waals surface area (Å²) in [7, 11) is 0. The second kappa shape index (κ2) is 6.29. The molecule has 0 spiro atoms. The van der Waals surface area contributed by atoms with Crippen LogP contribution in [0.25, 0.3) is 0 Å². The number of ether oxygens (including phenoxy) is 1. The molecule has 2 aliphatic heterocycles. The van der Waals surface area contributed by atoms with E-state index >= 15 is 0 Å². The lowest BCUT2D eigenvalue weighted by Gasteiger charge is -2.32. The number of hydrogen-bond acceptors (Lipinski definition) is 5. The quantitative estimate of drug-likeness (QED) is 0.886. The number of hydrogen-bond donors (Lipinski definition) is 1. The second-order valence-corrected chi connectivity index (χ2v) is 6.30. The number of aromatic nitrogens is 3. The summed E-state index contributed by atoms with van der Waals surface area (Å²) in [5, 5.41) is 6.90. The predicted molar refractivity (Wildman–Crippen MR) is 87.6 cm³/mol. The molecule has 0 aliphatic carbocycles. The molecule has 0 bridgehead atoms. The van der Waals surface area contributed by atoms with Gasteiger partial charge >= 0.3 is 0 Å². The van der Waals surface area contributed by atoms with Crippen molar-refractivity contribution in [3.8, 4) is 0 Å². The van der Waals surface area contributed by atoms with Gasteiger partial charge in [0.05, 0.1) is 13.2 Å². The molecule has 0 radical (unpaired) electrons. The molecular formula is C17H19N5O3. The molecule has 25 heavy (non-hydrogen) atoms. The van der Waals surface area contributed by atoms with E-state index in [9.17, 15) is 9.59 Å². The lowest BCUT2D eigenvalue weighted by Crippen LogP contribution is -2.47. The van der Waals surface area contributed by atoms with E-state index in [1.165, 1.54) is 0 Å². The van der Waals surface area contributed by atoms with Crippen LogP contribution in [0.5, 0.6) is 0 Å². The number of nitrogens with one attached hydrogen (secondary N) is 1. The Morgan fingerprint density at radius 1 is 1.40 bits per heavy atom. The van der Waals surface area contributed by atoms with Crippen LogP contribution in [0.4, 0.5) is 0 Å². The Bertz CT molecular complexity index is 818. The third-order valence-corrected chi connectivity index (χ3v) is 4.54. The number of carbonyl (C=O) groups is 2. The van der Waals surface area contributed by atoms with Crippen LogP contribution < -0.4 is 0 Å². The van der Waals surface area contributed by atoms with Crippen molar-refractivity contribution >= 4 is 11.8 Å². The van der Waals surface area contributed by atoms with Gasteiger partial charge in [0.25, 0.3) is 5.91 Å². The highest BCUT2D eigenvalue weighted by molar-refractivity contribution is 6.00. The molecule has 2 aliphatic rings. The van der Waals surface area contributed by atoms with Crippen LogP contribution in [-0.2, 0) is 16.1 Å². The molecule has 2 amide bonds. The van der Waals surface area contributed by atoms with Crippen LogP contribution in [0.2, 0.25) is 0 Å². The summed E-state index contributed by atoms with van der Waals surface area (Å²) in [6.07, 6.45) is -0.339. The molecule has 4 rings (SSSR count). The molecule has 1 aromatic heterocycles. The molecule has 1 atom stereocenters. The maximum absolute atomic E-state index is 12.7. The van der Waals surface area contributed by atoms with Crippen LogP contribution in [0.3, 0.4) is 0 Å². The minimum atomic E-state index is -0.339. The highest BCUT2D eigenvalue weighted by atomic mass is 16.5. The van der Waals surface area contributed by atoms with Gasteiger partial charge in [-0.05, 0) is 18.6 Å². The summed E-state index contributed by atoms with van der Waals surface area (Å²) in [6, 6.07) is 7.48. The first-order valence-corrected chi connectivity index (χ1v) is 8.27. The standard InChI is InChI=1S/C17H19N5O3/c1-11-18-16(20-19-11)14-9-21(6-7-25-14)15(23)10-22-8-12-4-2-3-5-13(12)17(22)24/h2-5,14H,6-10H2,1H3,(H,18,19,20). The van der Waals surface area contributed by atoms with Crippen LogP contribution in [0.1, 0.15) is 33.7 Å². The molecule has 2 aromatic rings. The van der Waals surface area contributed by atoms with Gasteiger partial charge in [0.15, 0.2) is 5.82 Å². The first kappa shape index (κ1) is 15.8. The maximum Gasteiger partial charge on any atom is 0.254 e. The van der Waals surface area contributed by atoms with Gasteiger partial charge in [-0.2, -0.15) is 5.10 Å². The molecule has 1 unspecified atom stereocenters. The fourth-order valence-corrected chi connectivity index (χ4v) is 3.24. The van der Waals surface area contributed by atoms with Crippen molar-refractivity contribution < 1.29 is 14.3 Å². The SMILES string of the molecule is Cc1nc(C2CN(C(=O)CN3Cc4ccccc4C3=O)CCO2)n[nH]1. The van der Waals surface area contributed by atoms with Gasteiger partial charge in [0.2, 0.25) is 5.91 Å². The van der Waals surface area contributed by atoms with Crippen molar-refractivity contribution in [3.05, 3.63) is 47.0 Å². The van der Waals surface area contributed by atoms with Crippen molar-refractivity contribution in [2.75, 3.05) is 26.2 Å². The molecule has 1 N–H and O–H groups in total. The molecule has 1 saturated heterocycles. The molecule has 130 valence electrons. The average Bonchev–Trinajstić information content (AvgIpc) is 3.20. The predicted octanol–water partition coefficient (Wildman–Crippen LogP) is 0.669. The van der Waals surface area contributed by atoms with E-state index in [4.69, 9.17) is 4.74 Å². The molecule has 3 heterocycles. The number of aryl methyl sites for hydroxylation is 1. The number of morpholine rings is 1. The van der Waals surface area contributed by atoms with E-state index in [1.807, 2.05) is 25.1 Å². The van der Waals surface area contributed by atoms with Gasteiger partial charge in [-0.3, -0.25) is 14.7 Å². The summed E-state index contributed by atoms with van der Waals surface area (Å²) in [4.78, 5) is 32.7. The number of nitrogens with zero attached hydrogens (tertiary/aromatic N) is 4. The van der Waals surface area contributed by atoms with Crippen molar-refractivity contribution in [2.24, 2.45) is 0 Å². The van der Waals surface area contributed by atoms with E-state index < -0.39 is 0 Å². The maximum atomic E-state index is 12.7. The Hall–Kier alpha value is -2.74. The van der Waals surface area contributed by atoms with Crippen molar-refractivity contribution in [3.63, 3.8) is 0 Å². The summed E-state index contributed by atoms with van der Waals surface area (Å²) >= 11 is 0. The number of fused-ring (bicyclic) bond motifs is 1. The molecule has 1 aromatic carbocycles. The number of benzene rings is 1. The van der Waals surface area contributed by atoms with E-state index in [-0.39, 0.29) is 24.5 Å². The zero-order chi connectivity index (χ0) is 17.4. The van der Waals surface area contributed by atoms with Gasteiger partial charge in [-0.1, -0.05) is 18.2 Å².